The van der Waals surface area contributed by atoms with Crippen molar-refractivity contribution in [3.63, 3.8) is 0 Å². The number of hydrogen-bond acceptors (Lipinski definition) is 4. The van der Waals surface area contributed by atoms with Crippen LogP contribution in [0.4, 0.5) is 5.69 Å². The Morgan fingerprint density at radius 2 is 1.73 bits per heavy atom. The Hall–Kier alpha value is -1.43. The molecule has 0 spiro atoms. The van der Waals surface area contributed by atoms with Crippen LogP contribution < -0.4 is 0 Å². The average molecular weight is 306 g/mol. The molecule has 0 unspecified atom stereocenters. The third-order valence-corrected chi connectivity index (χ3v) is 5.29. The smallest absolute Gasteiger partial charge is 0.278 e. The Bertz CT molecular complexity index is 557. The van der Waals surface area contributed by atoms with Crippen LogP contribution in [-0.4, -0.2) is 31.7 Å². The molecule has 0 atom stereocenters. The highest BCUT2D eigenvalue weighted by Gasteiger charge is 2.36. The molecule has 22 heavy (non-hydrogen) atoms. The standard InChI is InChI=1S/C16H26N4O2/c1-11-4-6-14(7-5-11)18(15-8-9-15)10-19-13(3)16(20(21)22)12(2)17-19/h11,14-15H,4-10H2,1-3H3. The molecule has 2 fully saturated rings. The second-order valence-electron chi connectivity index (χ2n) is 7.08. The lowest BCUT2D eigenvalue weighted by atomic mass is 9.86. The van der Waals surface area contributed by atoms with E-state index < -0.39 is 0 Å². The predicted octanol–water partition coefficient (Wildman–Crippen LogP) is 3.41. The third kappa shape index (κ3) is 3.02. The van der Waals surface area contributed by atoms with E-state index in [-0.39, 0.29) is 10.6 Å². The summed E-state index contributed by atoms with van der Waals surface area (Å²) < 4.78 is 1.84. The molecule has 0 saturated heterocycles. The second kappa shape index (κ2) is 5.99. The lowest BCUT2D eigenvalue weighted by Crippen LogP contribution is -2.41. The summed E-state index contributed by atoms with van der Waals surface area (Å²) in [6.07, 6.45) is 7.61. The first-order valence-corrected chi connectivity index (χ1v) is 8.41. The van der Waals surface area contributed by atoms with Crippen LogP contribution in [-0.2, 0) is 6.67 Å². The van der Waals surface area contributed by atoms with Gasteiger partial charge in [0.25, 0.3) is 0 Å². The first-order chi connectivity index (χ1) is 10.5. The lowest BCUT2D eigenvalue weighted by Gasteiger charge is -2.36. The summed E-state index contributed by atoms with van der Waals surface area (Å²) >= 11 is 0. The predicted molar refractivity (Wildman–Crippen MR) is 84.6 cm³/mol. The van der Waals surface area contributed by atoms with Crippen molar-refractivity contribution in [1.82, 2.24) is 14.7 Å². The van der Waals surface area contributed by atoms with Crippen LogP contribution in [0.3, 0.4) is 0 Å². The van der Waals surface area contributed by atoms with Gasteiger partial charge in [0.2, 0.25) is 0 Å². The monoisotopic (exact) mass is 306 g/mol. The molecule has 1 aromatic heterocycles. The molecule has 1 aromatic rings. The Balaban J connectivity index is 1.77. The molecule has 122 valence electrons. The number of hydrogen-bond donors (Lipinski definition) is 0. The van der Waals surface area contributed by atoms with Gasteiger partial charge in [-0.3, -0.25) is 15.0 Å². The zero-order valence-electron chi connectivity index (χ0n) is 13.8. The third-order valence-electron chi connectivity index (χ3n) is 5.29. The summed E-state index contributed by atoms with van der Waals surface area (Å²) in [5.41, 5.74) is 1.38. The highest BCUT2D eigenvalue weighted by molar-refractivity contribution is 5.39. The van der Waals surface area contributed by atoms with Crippen LogP contribution in [0.15, 0.2) is 0 Å². The van der Waals surface area contributed by atoms with Crippen LogP contribution >= 0.6 is 0 Å². The summed E-state index contributed by atoms with van der Waals surface area (Å²) in [5.74, 6) is 0.840. The van der Waals surface area contributed by atoms with E-state index in [1.54, 1.807) is 6.92 Å². The number of aromatic nitrogens is 2. The van der Waals surface area contributed by atoms with Crippen LogP contribution in [0.1, 0.15) is 56.8 Å². The molecule has 0 N–H and O–H groups in total. The van der Waals surface area contributed by atoms with Crippen molar-refractivity contribution >= 4 is 5.69 Å². The zero-order chi connectivity index (χ0) is 15.9. The molecule has 6 nitrogen and oxygen atoms in total. The molecule has 2 aliphatic carbocycles. The van der Waals surface area contributed by atoms with Crippen molar-refractivity contribution < 1.29 is 4.92 Å². The Kier molecular flexibility index (Phi) is 4.21. The van der Waals surface area contributed by atoms with Crippen molar-refractivity contribution in [3.05, 3.63) is 21.5 Å². The fourth-order valence-corrected chi connectivity index (χ4v) is 3.75. The number of aryl methyl sites for hydroxylation is 1. The molecule has 2 saturated carbocycles. The van der Waals surface area contributed by atoms with Crippen LogP contribution in [0.5, 0.6) is 0 Å². The fourth-order valence-electron chi connectivity index (χ4n) is 3.75. The topological polar surface area (TPSA) is 64.2 Å². The highest BCUT2D eigenvalue weighted by atomic mass is 16.6. The molecule has 3 rings (SSSR count). The molecule has 0 aliphatic heterocycles. The molecule has 0 bridgehead atoms. The number of nitro groups is 1. The van der Waals surface area contributed by atoms with Crippen LogP contribution in [0, 0.1) is 29.9 Å². The molecule has 6 heteroatoms. The minimum Gasteiger partial charge on any atom is -0.278 e. The fraction of sp³-hybridized carbons (Fsp3) is 0.812. The van der Waals surface area contributed by atoms with Crippen molar-refractivity contribution in [3.8, 4) is 0 Å². The first kappa shape index (κ1) is 15.5. The number of nitrogens with zero attached hydrogens (tertiary/aromatic N) is 4. The Morgan fingerprint density at radius 3 is 2.18 bits per heavy atom. The van der Waals surface area contributed by atoms with E-state index in [4.69, 9.17) is 0 Å². The molecule has 2 aliphatic rings. The summed E-state index contributed by atoms with van der Waals surface area (Å²) in [6, 6.07) is 1.27. The second-order valence-corrected chi connectivity index (χ2v) is 7.08. The maximum Gasteiger partial charge on any atom is 0.312 e. The van der Waals surface area contributed by atoms with E-state index in [0.29, 0.717) is 30.1 Å². The van der Waals surface area contributed by atoms with Gasteiger partial charge < -0.3 is 0 Å². The first-order valence-electron chi connectivity index (χ1n) is 8.41. The quantitative estimate of drug-likeness (QED) is 0.617. The van der Waals surface area contributed by atoms with Gasteiger partial charge in [0.15, 0.2) is 0 Å². The Labute approximate surface area is 131 Å². The van der Waals surface area contributed by atoms with E-state index in [0.717, 1.165) is 5.92 Å². The van der Waals surface area contributed by atoms with Gasteiger partial charge >= 0.3 is 5.69 Å². The van der Waals surface area contributed by atoms with Crippen molar-refractivity contribution in [1.29, 1.82) is 0 Å². The lowest BCUT2D eigenvalue weighted by molar-refractivity contribution is -0.386. The van der Waals surface area contributed by atoms with E-state index >= 15 is 0 Å². The van der Waals surface area contributed by atoms with Gasteiger partial charge in [-0.1, -0.05) is 6.92 Å². The summed E-state index contributed by atoms with van der Waals surface area (Å²) in [6.45, 7) is 6.57. The minimum atomic E-state index is -0.308. The van der Waals surface area contributed by atoms with E-state index in [2.05, 4.69) is 16.9 Å². The normalized spacial score (nSPS) is 25.6. The molecule has 0 radical (unpaired) electrons. The van der Waals surface area contributed by atoms with Gasteiger partial charge in [-0.15, -0.1) is 0 Å². The van der Waals surface area contributed by atoms with Crippen LogP contribution in [0.2, 0.25) is 0 Å². The van der Waals surface area contributed by atoms with Crippen LogP contribution in [0.25, 0.3) is 0 Å². The Morgan fingerprint density at radius 1 is 1.18 bits per heavy atom. The van der Waals surface area contributed by atoms with Crippen molar-refractivity contribution in [2.24, 2.45) is 5.92 Å². The van der Waals surface area contributed by atoms with Gasteiger partial charge in [0, 0.05) is 12.1 Å². The van der Waals surface area contributed by atoms with E-state index in [1.807, 2.05) is 11.6 Å². The van der Waals surface area contributed by atoms with E-state index in [1.165, 1.54) is 38.5 Å². The van der Waals surface area contributed by atoms with Gasteiger partial charge in [0.05, 0.1) is 11.6 Å². The summed E-state index contributed by atoms with van der Waals surface area (Å²) in [5, 5.41) is 15.6. The minimum absolute atomic E-state index is 0.174. The highest BCUT2D eigenvalue weighted by Crippen LogP contribution is 2.36. The van der Waals surface area contributed by atoms with Crippen molar-refractivity contribution in [2.45, 2.75) is 78.0 Å². The van der Waals surface area contributed by atoms with Gasteiger partial charge in [0.1, 0.15) is 11.4 Å². The summed E-state index contributed by atoms with van der Waals surface area (Å²) in [7, 11) is 0. The average Bonchev–Trinajstić information content (AvgIpc) is 3.24. The zero-order valence-corrected chi connectivity index (χ0v) is 13.8. The SMILES string of the molecule is Cc1nn(CN(C2CCC(C)CC2)C2CC2)c(C)c1[N+](=O)[O-]. The molecule has 0 aromatic carbocycles. The maximum atomic E-state index is 11.2. The molecule has 0 amide bonds. The number of rotatable bonds is 5. The van der Waals surface area contributed by atoms with Crippen molar-refractivity contribution in [2.75, 3.05) is 0 Å². The maximum absolute atomic E-state index is 11.2. The summed E-state index contributed by atoms with van der Waals surface area (Å²) in [4.78, 5) is 13.4. The van der Waals surface area contributed by atoms with Gasteiger partial charge in [-0.2, -0.15) is 5.10 Å². The largest absolute Gasteiger partial charge is 0.312 e. The van der Waals surface area contributed by atoms with Gasteiger partial charge in [-0.05, 0) is 58.3 Å². The molecule has 1 heterocycles. The van der Waals surface area contributed by atoms with E-state index in [9.17, 15) is 10.1 Å². The molecular weight excluding hydrogens is 280 g/mol. The molecular formula is C16H26N4O2. The van der Waals surface area contributed by atoms with Gasteiger partial charge in [-0.25, -0.2) is 4.68 Å².